The molecule has 0 atom stereocenters. The lowest BCUT2D eigenvalue weighted by Gasteiger charge is -2.13. The molecule has 2 aromatic carbocycles. The topological polar surface area (TPSA) is 105 Å². The molecule has 3 heterocycles. The summed E-state index contributed by atoms with van der Waals surface area (Å²) in [4.78, 5) is 21.7. The number of amides is 1. The third-order valence-corrected chi connectivity index (χ3v) is 6.20. The molecule has 0 saturated carbocycles. The fraction of sp³-hybridized carbons (Fsp3) is 0.179. The van der Waals surface area contributed by atoms with Crippen LogP contribution in [0.4, 0.5) is 5.69 Å². The van der Waals surface area contributed by atoms with Crippen LogP contribution in [0.2, 0.25) is 0 Å². The van der Waals surface area contributed by atoms with Crippen molar-refractivity contribution in [3.8, 4) is 17.7 Å². The number of benzene rings is 2. The zero-order chi connectivity index (χ0) is 25.2. The summed E-state index contributed by atoms with van der Waals surface area (Å²) in [7, 11) is 0. The Bertz CT molecular complexity index is 1660. The molecule has 0 aliphatic carbocycles. The van der Waals surface area contributed by atoms with Gasteiger partial charge in [0.2, 0.25) is 11.8 Å². The van der Waals surface area contributed by atoms with Gasteiger partial charge in [-0.15, -0.1) is 0 Å². The van der Waals surface area contributed by atoms with Gasteiger partial charge in [-0.1, -0.05) is 12.1 Å². The minimum Gasteiger partial charge on any atom is -0.438 e. The number of nitriles is 1. The summed E-state index contributed by atoms with van der Waals surface area (Å²) < 4.78 is 7.64. The number of aryl methyl sites for hydroxylation is 3. The Morgan fingerprint density at radius 2 is 1.94 bits per heavy atom. The second-order valence-electron chi connectivity index (χ2n) is 8.61. The summed E-state index contributed by atoms with van der Waals surface area (Å²) in [6.07, 6.45) is 2.44. The van der Waals surface area contributed by atoms with E-state index in [0.717, 1.165) is 39.1 Å². The molecule has 0 bridgehead atoms. The Morgan fingerprint density at radius 3 is 2.75 bits per heavy atom. The lowest BCUT2D eigenvalue weighted by atomic mass is 10.1. The van der Waals surface area contributed by atoms with Crippen LogP contribution in [0.25, 0.3) is 16.6 Å². The summed E-state index contributed by atoms with van der Waals surface area (Å²) in [5, 5.41) is 17.9. The Hall–Kier alpha value is -4.77. The third kappa shape index (κ3) is 4.34. The molecule has 8 nitrogen and oxygen atoms in total. The number of pyridine rings is 1. The lowest BCUT2D eigenvalue weighted by molar-refractivity contribution is -0.116. The van der Waals surface area contributed by atoms with Gasteiger partial charge < -0.3 is 10.1 Å². The molecule has 8 heteroatoms. The second kappa shape index (κ2) is 9.47. The highest BCUT2D eigenvalue weighted by Crippen LogP contribution is 2.27. The van der Waals surface area contributed by atoms with Gasteiger partial charge in [-0.05, 0) is 80.8 Å². The molecule has 0 aliphatic heterocycles. The van der Waals surface area contributed by atoms with Crippen LogP contribution >= 0.6 is 0 Å². The zero-order valence-corrected chi connectivity index (χ0v) is 20.2. The van der Waals surface area contributed by atoms with Crippen molar-refractivity contribution < 1.29 is 9.53 Å². The fourth-order valence-electron chi connectivity index (χ4n) is 4.30. The third-order valence-electron chi connectivity index (χ3n) is 6.20. The van der Waals surface area contributed by atoms with E-state index in [4.69, 9.17) is 14.8 Å². The van der Waals surface area contributed by atoms with Crippen LogP contribution in [0.15, 0.2) is 60.8 Å². The number of hydrogen-bond donors (Lipinski definition) is 1. The smallest absolute Gasteiger partial charge is 0.237 e. The van der Waals surface area contributed by atoms with Gasteiger partial charge in [0.15, 0.2) is 5.65 Å². The number of carbonyl (C=O) groups is 1. The molecule has 0 aliphatic rings. The van der Waals surface area contributed by atoms with Gasteiger partial charge in [-0.25, -0.2) is 14.5 Å². The maximum atomic E-state index is 12.8. The van der Waals surface area contributed by atoms with E-state index in [1.54, 1.807) is 36.5 Å². The van der Waals surface area contributed by atoms with Gasteiger partial charge in [0.1, 0.15) is 17.4 Å². The van der Waals surface area contributed by atoms with Crippen molar-refractivity contribution in [1.82, 2.24) is 19.6 Å². The Balaban J connectivity index is 1.28. The van der Waals surface area contributed by atoms with Crippen LogP contribution in [0, 0.1) is 32.1 Å². The second-order valence-corrected chi connectivity index (χ2v) is 8.61. The number of aromatic nitrogens is 4. The highest BCUT2D eigenvalue weighted by atomic mass is 16.5. The highest BCUT2D eigenvalue weighted by molar-refractivity contribution is 5.93. The minimum atomic E-state index is -0.0900. The van der Waals surface area contributed by atoms with E-state index in [-0.39, 0.29) is 11.8 Å². The maximum absolute atomic E-state index is 12.8. The molecule has 0 unspecified atom stereocenters. The largest absolute Gasteiger partial charge is 0.438 e. The van der Waals surface area contributed by atoms with Crippen molar-refractivity contribution in [2.75, 3.05) is 5.32 Å². The van der Waals surface area contributed by atoms with Gasteiger partial charge in [0.05, 0.1) is 5.52 Å². The van der Waals surface area contributed by atoms with Crippen LogP contribution < -0.4 is 10.1 Å². The van der Waals surface area contributed by atoms with E-state index in [9.17, 15) is 10.1 Å². The van der Waals surface area contributed by atoms with E-state index in [1.165, 1.54) is 0 Å². The van der Waals surface area contributed by atoms with Gasteiger partial charge in [0, 0.05) is 35.1 Å². The molecule has 5 rings (SSSR count). The molecule has 36 heavy (non-hydrogen) atoms. The number of nitrogens with one attached hydrogen (secondary N) is 1. The molecule has 0 saturated heterocycles. The number of fused-ring (bicyclic) bond motifs is 3. The lowest BCUT2D eigenvalue weighted by Crippen LogP contribution is -2.15. The van der Waals surface area contributed by atoms with Crippen molar-refractivity contribution in [3.05, 3.63) is 88.9 Å². The summed E-state index contributed by atoms with van der Waals surface area (Å²) in [6, 6.07) is 18.7. The number of ether oxygens (including phenoxy) is 1. The molecule has 5 aromatic rings. The Labute approximate surface area is 208 Å². The molecule has 3 aromatic heterocycles. The summed E-state index contributed by atoms with van der Waals surface area (Å²) in [6.45, 7) is 5.88. The van der Waals surface area contributed by atoms with Crippen LogP contribution in [-0.2, 0) is 11.2 Å². The standard InChI is InChI=1S/C28H24N6O2/c1-17-15-21(36-28-20(16-29)7-6-14-30-28)10-12-24(17)32-26(35)13-11-22-18(2)31-27-23-8-4-5-9-25(23)33-34(27)19(22)3/h4-10,12,14-15H,11,13H2,1-3H3,(H,32,35). The van der Waals surface area contributed by atoms with Crippen LogP contribution in [0.5, 0.6) is 11.6 Å². The molecule has 1 amide bonds. The molecule has 0 radical (unpaired) electrons. The minimum absolute atomic E-state index is 0.0900. The molecular weight excluding hydrogens is 452 g/mol. The SMILES string of the molecule is Cc1cc(Oc2ncccc2C#N)ccc1NC(=O)CCc1c(C)nc2c3ccccc3nn2c1C. The van der Waals surface area contributed by atoms with E-state index in [1.807, 2.05) is 49.6 Å². The van der Waals surface area contributed by atoms with Gasteiger partial charge in [0.25, 0.3) is 0 Å². The molecule has 1 N–H and O–H groups in total. The van der Waals surface area contributed by atoms with Crippen LogP contribution in [0.3, 0.4) is 0 Å². The van der Waals surface area contributed by atoms with Crippen molar-refractivity contribution in [1.29, 1.82) is 5.26 Å². The van der Waals surface area contributed by atoms with E-state index >= 15 is 0 Å². The van der Waals surface area contributed by atoms with Gasteiger partial charge in [-0.2, -0.15) is 10.4 Å². The first-order valence-electron chi connectivity index (χ1n) is 11.6. The van der Waals surface area contributed by atoms with Crippen molar-refractivity contribution in [3.63, 3.8) is 0 Å². The molecule has 0 spiro atoms. The predicted molar refractivity (Wildman–Crippen MR) is 137 cm³/mol. The molecular formula is C28H24N6O2. The summed E-state index contributed by atoms with van der Waals surface area (Å²) >= 11 is 0. The summed E-state index contributed by atoms with van der Waals surface area (Å²) in [5.74, 6) is 0.698. The molecule has 0 fully saturated rings. The van der Waals surface area contributed by atoms with Crippen LogP contribution in [0.1, 0.15) is 34.5 Å². The monoisotopic (exact) mass is 476 g/mol. The van der Waals surface area contributed by atoms with E-state index in [2.05, 4.69) is 16.4 Å². The number of nitrogens with zero attached hydrogens (tertiary/aromatic N) is 5. The average Bonchev–Trinajstić information content (AvgIpc) is 3.25. The summed E-state index contributed by atoms with van der Waals surface area (Å²) in [5.41, 5.74) is 6.55. The normalized spacial score (nSPS) is 10.9. The van der Waals surface area contributed by atoms with Crippen molar-refractivity contribution >= 4 is 28.1 Å². The van der Waals surface area contributed by atoms with E-state index in [0.29, 0.717) is 29.8 Å². The predicted octanol–water partition coefficient (Wildman–Crippen LogP) is 5.44. The Morgan fingerprint density at radius 1 is 1.11 bits per heavy atom. The first-order valence-corrected chi connectivity index (χ1v) is 11.6. The van der Waals surface area contributed by atoms with Crippen molar-refractivity contribution in [2.45, 2.75) is 33.6 Å². The number of anilines is 1. The first kappa shape index (κ1) is 23.0. The number of carbonyl (C=O) groups excluding carboxylic acids is 1. The highest BCUT2D eigenvalue weighted by Gasteiger charge is 2.15. The Kier molecular flexibility index (Phi) is 6.05. The zero-order valence-electron chi connectivity index (χ0n) is 20.2. The van der Waals surface area contributed by atoms with Crippen LogP contribution in [-0.4, -0.2) is 25.5 Å². The number of hydrogen-bond acceptors (Lipinski definition) is 6. The first-order chi connectivity index (χ1) is 17.4. The number of rotatable bonds is 6. The van der Waals surface area contributed by atoms with Gasteiger partial charge in [-0.3, -0.25) is 4.79 Å². The molecule has 178 valence electrons. The fourth-order valence-corrected chi connectivity index (χ4v) is 4.30. The maximum Gasteiger partial charge on any atom is 0.237 e. The van der Waals surface area contributed by atoms with Crippen molar-refractivity contribution in [2.24, 2.45) is 0 Å². The average molecular weight is 477 g/mol. The van der Waals surface area contributed by atoms with Gasteiger partial charge >= 0.3 is 0 Å². The quantitative estimate of drug-likeness (QED) is 0.350. The van der Waals surface area contributed by atoms with E-state index < -0.39 is 0 Å².